The van der Waals surface area contributed by atoms with E-state index in [0.717, 1.165) is 26.2 Å². The fourth-order valence-corrected chi connectivity index (χ4v) is 6.19. The fraction of sp³-hybridized carbons (Fsp3) is 0.355. The molecule has 2 aliphatic rings. The van der Waals surface area contributed by atoms with Crippen LogP contribution in [-0.4, -0.2) is 93.8 Å². The highest BCUT2D eigenvalue weighted by molar-refractivity contribution is 7.92. The molecule has 0 spiro atoms. The van der Waals surface area contributed by atoms with Gasteiger partial charge in [0, 0.05) is 44.8 Å². The number of nitrogens with zero attached hydrogens (tertiary/aromatic N) is 3. The molecule has 11 heteroatoms. The number of likely N-dealkylation sites (tertiary alicyclic amines) is 1. The number of para-hydroxylation sites is 3. The Bertz CT molecular complexity index is 1450. The summed E-state index contributed by atoms with van der Waals surface area (Å²) in [6.07, 6.45) is 2.57. The first-order valence-electron chi connectivity index (χ1n) is 14.3. The van der Waals surface area contributed by atoms with Crippen LogP contribution < -0.4 is 14.8 Å². The number of carbonyl (C=O) groups excluding carboxylic acids is 2. The lowest BCUT2D eigenvalue weighted by molar-refractivity contribution is -0.131. The first kappa shape index (κ1) is 29.6. The molecular formula is C31H37N5O5S. The minimum absolute atomic E-state index is 0.00718. The van der Waals surface area contributed by atoms with Crippen LogP contribution in [0.25, 0.3) is 0 Å². The second-order valence-electron chi connectivity index (χ2n) is 10.5. The molecule has 0 unspecified atom stereocenters. The minimum atomic E-state index is -3.95. The summed E-state index contributed by atoms with van der Waals surface area (Å²) < 4.78 is 34.6. The molecule has 222 valence electrons. The Morgan fingerprint density at radius 1 is 0.738 bits per heavy atom. The predicted octanol–water partition coefficient (Wildman–Crippen LogP) is 3.25. The van der Waals surface area contributed by atoms with Crippen molar-refractivity contribution in [3.05, 3.63) is 84.4 Å². The summed E-state index contributed by atoms with van der Waals surface area (Å²) in [7, 11) is -3.95. The van der Waals surface area contributed by atoms with E-state index in [1.807, 2.05) is 18.2 Å². The zero-order chi connectivity index (χ0) is 29.4. The quantitative estimate of drug-likeness (QED) is 0.352. The third kappa shape index (κ3) is 7.87. The van der Waals surface area contributed by atoms with Crippen LogP contribution in [-0.2, 0) is 14.8 Å². The largest absolute Gasteiger partial charge is 0.455 e. The molecule has 3 aromatic carbocycles. The second kappa shape index (κ2) is 13.8. The number of sulfonamides is 1. The van der Waals surface area contributed by atoms with Crippen LogP contribution in [0.4, 0.5) is 5.69 Å². The molecular weight excluding hydrogens is 554 g/mol. The van der Waals surface area contributed by atoms with E-state index in [-0.39, 0.29) is 28.6 Å². The summed E-state index contributed by atoms with van der Waals surface area (Å²) in [6.45, 7) is 7.33. The van der Waals surface area contributed by atoms with Crippen LogP contribution in [0.5, 0.6) is 11.5 Å². The van der Waals surface area contributed by atoms with Gasteiger partial charge in [-0.2, -0.15) is 0 Å². The molecule has 0 radical (unpaired) electrons. The van der Waals surface area contributed by atoms with E-state index >= 15 is 0 Å². The summed E-state index contributed by atoms with van der Waals surface area (Å²) in [5.74, 6) is 0.373. The van der Waals surface area contributed by atoms with E-state index in [1.54, 1.807) is 41.3 Å². The van der Waals surface area contributed by atoms with Crippen molar-refractivity contribution in [3.8, 4) is 11.5 Å². The number of ether oxygens (including phenoxy) is 1. The van der Waals surface area contributed by atoms with Crippen molar-refractivity contribution in [2.24, 2.45) is 0 Å². The van der Waals surface area contributed by atoms with E-state index in [1.165, 1.54) is 50.2 Å². The van der Waals surface area contributed by atoms with Gasteiger partial charge in [-0.05, 0) is 74.5 Å². The number of carbonyl (C=O) groups is 2. The van der Waals surface area contributed by atoms with Crippen molar-refractivity contribution >= 4 is 27.5 Å². The molecule has 0 bridgehead atoms. The van der Waals surface area contributed by atoms with Gasteiger partial charge in [0.2, 0.25) is 5.91 Å². The predicted molar refractivity (Wildman–Crippen MR) is 161 cm³/mol. The van der Waals surface area contributed by atoms with Gasteiger partial charge in [-0.1, -0.05) is 30.3 Å². The Morgan fingerprint density at radius 2 is 1.36 bits per heavy atom. The molecule has 2 aliphatic heterocycles. The third-order valence-corrected chi connectivity index (χ3v) is 8.97. The summed E-state index contributed by atoms with van der Waals surface area (Å²) >= 11 is 0. The Labute approximate surface area is 247 Å². The monoisotopic (exact) mass is 591 g/mol. The fourth-order valence-electron chi connectivity index (χ4n) is 5.12. The van der Waals surface area contributed by atoms with E-state index in [4.69, 9.17) is 4.74 Å². The van der Waals surface area contributed by atoms with Crippen molar-refractivity contribution in [1.82, 2.24) is 20.0 Å². The number of hydrogen-bond acceptors (Lipinski definition) is 7. The highest BCUT2D eigenvalue weighted by atomic mass is 32.2. The molecule has 3 aromatic rings. The van der Waals surface area contributed by atoms with Crippen molar-refractivity contribution in [3.63, 3.8) is 0 Å². The Morgan fingerprint density at radius 3 is 2.05 bits per heavy atom. The van der Waals surface area contributed by atoms with Gasteiger partial charge in [-0.3, -0.25) is 19.2 Å². The van der Waals surface area contributed by atoms with Gasteiger partial charge in [0.1, 0.15) is 5.75 Å². The van der Waals surface area contributed by atoms with Crippen molar-refractivity contribution < 1.29 is 22.7 Å². The second-order valence-corrected chi connectivity index (χ2v) is 12.2. The van der Waals surface area contributed by atoms with Crippen molar-refractivity contribution in [1.29, 1.82) is 0 Å². The number of benzene rings is 3. The number of hydrogen-bond donors (Lipinski definition) is 2. The van der Waals surface area contributed by atoms with Gasteiger partial charge in [0.15, 0.2) is 5.75 Å². The molecule has 10 nitrogen and oxygen atoms in total. The van der Waals surface area contributed by atoms with E-state index in [0.29, 0.717) is 24.6 Å². The highest BCUT2D eigenvalue weighted by Crippen LogP contribution is 2.31. The van der Waals surface area contributed by atoms with Gasteiger partial charge in [-0.25, -0.2) is 8.42 Å². The Balaban J connectivity index is 1.10. The summed E-state index contributed by atoms with van der Waals surface area (Å²) in [4.78, 5) is 32.0. The van der Waals surface area contributed by atoms with Crippen LogP contribution in [0, 0.1) is 0 Å². The van der Waals surface area contributed by atoms with Gasteiger partial charge in [0.25, 0.3) is 15.9 Å². The zero-order valence-corrected chi connectivity index (χ0v) is 24.4. The van der Waals surface area contributed by atoms with E-state index in [9.17, 15) is 18.0 Å². The molecule has 42 heavy (non-hydrogen) atoms. The maximum absolute atomic E-state index is 13.1. The third-order valence-electron chi connectivity index (χ3n) is 7.59. The van der Waals surface area contributed by atoms with Crippen LogP contribution in [0.3, 0.4) is 0 Å². The number of anilines is 1. The summed E-state index contributed by atoms with van der Waals surface area (Å²) in [5, 5.41) is 2.67. The van der Waals surface area contributed by atoms with Crippen LogP contribution >= 0.6 is 0 Å². The minimum Gasteiger partial charge on any atom is -0.455 e. The smallest absolute Gasteiger partial charge is 0.262 e. The normalized spacial score (nSPS) is 16.2. The first-order chi connectivity index (χ1) is 20.4. The Kier molecular flexibility index (Phi) is 9.73. The molecule has 2 saturated heterocycles. The maximum Gasteiger partial charge on any atom is 0.262 e. The van der Waals surface area contributed by atoms with Gasteiger partial charge >= 0.3 is 0 Å². The molecule has 0 aliphatic carbocycles. The lowest BCUT2D eigenvalue weighted by atomic mass is 10.2. The lowest BCUT2D eigenvalue weighted by Crippen LogP contribution is -2.52. The van der Waals surface area contributed by atoms with Crippen LogP contribution in [0.15, 0.2) is 83.8 Å². The molecule has 2 fully saturated rings. The van der Waals surface area contributed by atoms with Crippen molar-refractivity contribution in [2.75, 3.05) is 63.6 Å². The molecule has 5 rings (SSSR count). The van der Waals surface area contributed by atoms with E-state index < -0.39 is 15.9 Å². The molecule has 2 amide bonds. The molecule has 0 aromatic heterocycles. The number of nitrogens with one attached hydrogen (secondary N) is 2. The van der Waals surface area contributed by atoms with Crippen LogP contribution in [0.1, 0.15) is 23.2 Å². The molecule has 2 heterocycles. The summed E-state index contributed by atoms with van der Waals surface area (Å²) in [5.41, 5.74) is 0.551. The lowest BCUT2D eigenvalue weighted by Gasteiger charge is -2.35. The Hall–Kier alpha value is -3.93. The number of rotatable bonds is 11. The van der Waals surface area contributed by atoms with Crippen molar-refractivity contribution in [2.45, 2.75) is 17.7 Å². The molecule has 0 saturated carbocycles. The van der Waals surface area contributed by atoms with Gasteiger partial charge in [0.05, 0.1) is 17.1 Å². The number of piperazine rings is 1. The SMILES string of the molecule is O=C(NCC(=O)N1CCN(CCN2CCCC2)CC1)c1ccc(S(=O)(=O)Nc2ccccc2Oc2ccccc2)cc1. The average molecular weight is 592 g/mol. The van der Waals surface area contributed by atoms with E-state index in [2.05, 4.69) is 19.8 Å². The standard InChI is InChI=1S/C31H37N5O5S/c37-30(36-22-20-35(21-23-36)19-18-34-16-6-7-17-34)24-32-31(38)25-12-14-27(15-13-25)42(39,40)33-28-10-4-5-11-29(28)41-26-8-2-1-3-9-26/h1-5,8-15,33H,6-7,16-24H2,(H,32,38). The average Bonchev–Trinajstić information content (AvgIpc) is 3.54. The summed E-state index contributed by atoms with van der Waals surface area (Å²) in [6, 6.07) is 21.4. The number of amides is 2. The maximum atomic E-state index is 13.1. The van der Waals surface area contributed by atoms with Gasteiger partial charge in [-0.15, -0.1) is 0 Å². The molecule has 0 atom stereocenters. The molecule has 2 N–H and O–H groups in total. The topological polar surface area (TPSA) is 111 Å². The highest BCUT2D eigenvalue weighted by Gasteiger charge is 2.23. The van der Waals surface area contributed by atoms with Crippen LogP contribution in [0.2, 0.25) is 0 Å². The zero-order valence-electron chi connectivity index (χ0n) is 23.6. The van der Waals surface area contributed by atoms with Gasteiger partial charge < -0.3 is 19.9 Å². The first-order valence-corrected chi connectivity index (χ1v) is 15.8.